The van der Waals surface area contributed by atoms with Gasteiger partial charge in [-0.3, -0.25) is 9.59 Å². The molecule has 1 amide bonds. The number of rotatable bonds is 7. The molecule has 4 rings (SSSR count). The number of halogens is 2. The summed E-state index contributed by atoms with van der Waals surface area (Å²) in [4.78, 5) is 30.6. The summed E-state index contributed by atoms with van der Waals surface area (Å²) < 4.78 is 33.7. The van der Waals surface area contributed by atoms with Crippen LogP contribution in [0.15, 0.2) is 23.1 Å². The topological polar surface area (TPSA) is 92.3 Å². The second kappa shape index (κ2) is 10.2. The average molecular weight is 488 g/mol. The molecule has 2 N–H and O–H groups in total. The second-order valence-electron chi connectivity index (χ2n) is 8.95. The van der Waals surface area contributed by atoms with E-state index < -0.39 is 12.5 Å². The van der Waals surface area contributed by atoms with E-state index in [1.54, 1.807) is 6.92 Å². The molecule has 8 nitrogen and oxygen atoms in total. The molecule has 1 aliphatic heterocycles. The molecule has 0 unspecified atom stereocenters. The number of hydrogen-bond donors (Lipinski definition) is 2. The number of aryl methyl sites for hydroxylation is 2. The van der Waals surface area contributed by atoms with Crippen LogP contribution in [0, 0.1) is 20.8 Å². The van der Waals surface area contributed by atoms with E-state index in [-0.39, 0.29) is 29.2 Å². The Morgan fingerprint density at radius 3 is 2.63 bits per heavy atom. The lowest BCUT2D eigenvalue weighted by atomic mass is 9.98. The number of carbonyl (C=O) groups excluding carboxylic acids is 1. The quantitative estimate of drug-likeness (QED) is 0.526. The van der Waals surface area contributed by atoms with Gasteiger partial charge in [-0.2, -0.15) is 13.9 Å². The van der Waals surface area contributed by atoms with Crippen molar-refractivity contribution in [3.05, 3.63) is 56.6 Å². The number of benzene rings is 1. The number of ether oxygens (including phenoxy) is 1. The van der Waals surface area contributed by atoms with Gasteiger partial charge < -0.3 is 19.9 Å². The number of pyridine rings is 1. The number of H-pyrrole nitrogens is 1. The predicted molar refractivity (Wildman–Crippen MR) is 130 cm³/mol. The number of alkyl halides is 2. The van der Waals surface area contributed by atoms with Crippen molar-refractivity contribution in [3.63, 3.8) is 0 Å². The molecule has 188 valence electrons. The summed E-state index contributed by atoms with van der Waals surface area (Å²) in [6.07, 6.45) is 3.07. The Bertz CT molecular complexity index is 1290. The highest BCUT2D eigenvalue weighted by atomic mass is 19.3. The van der Waals surface area contributed by atoms with E-state index in [9.17, 15) is 18.4 Å². The summed E-state index contributed by atoms with van der Waals surface area (Å²) in [5.41, 5.74) is 3.60. The van der Waals surface area contributed by atoms with Gasteiger partial charge in [0.2, 0.25) is 0 Å². The smallest absolute Gasteiger partial charge is 0.333 e. The number of amides is 1. The highest BCUT2D eigenvalue weighted by molar-refractivity contribution is 6.05. The van der Waals surface area contributed by atoms with Crippen molar-refractivity contribution in [1.29, 1.82) is 0 Å². The van der Waals surface area contributed by atoms with E-state index >= 15 is 0 Å². The minimum Gasteiger partial charge on any atom is -0.381 e. The van der Waals surface area contributed by atoms with Crippen LogP contribution >= 0.6 is 0 Å². The molecule has 0 aliphatic carbocycles. The number of nitrogens with zero attached hydrogens (tertiary/aromatic N) is 3. The first-order valence-corrected chi connectivity index (χ1v) is 11.8. The number of carbonyl (C=O) groups is 1. The maximum Gasteiger partial charge on any atom is 0.333 e. The Labute approximate surface area is 202 Å². The Balaban J connectivity index is 1.77. The first-order valence-electron chi connectivity index (χ1n) is 11.8. The lowest BCUT2D eigenvalue weighted by Crippen LogP contribution is -2.40. The SMILES string of the molecule is CCN(c1c(C)c(C(=O)NCc2c(C)cc(C)[nH]c2=O)cc2c1cnn2C(F)F)C1CCOCC1. The van der Waals surface area contributed by atoms with Gasteiger partial charge in [-0.05, 0) is 63.8 Å². The third-order valence-electron chi connectivity index (χ3n) is 6.74. The monoisotopic (exact) mass is 487 g/mol. The minimum absolute atomic E-state index is 0.0264. The molecule has 1 aliphatic rings. The van der Waals surface area contributed by atoms with Crippen molar-refractivity contribution in [2.45, 2.75) is 59.7 Å². The summed E-state index contributed by atoms with van der Waals surface area (Å²) in [5, 5.41) is 7.32. The van der Waals surface area contributed by atoms with Gasteiger partial charge in [0.15, 0.2) is 0 Å². The van der Waals surface area contributed by atoms with Gasteiger partial charge in [-0.25, -0.2) is 4.68 Å². The van der Waals surface area contributed by atoms with E-state index in [4.69, 9.17) is 4.74 Å². The minimum atomic E-state index is -2.84. The van der Waals surface area contributed by atoms with Gasteiger partial charge in [-0.15, -0.1) is 0 Å². The van der Waals surface area contributed by atoms with Crippen LogP contribution < -0.4 is 15.8 Å². The van der Waals surface area contributed by atoms with Crippen LogP contribution in [0.4, 0.5) is 14.5 Å². The zero-order chi connectivity index (χ0) is 25.3. The average Bonchev–Trinajstić information content (AvgIpc) is 3.24. The summed E-state index contributed by atoms with van der Waals surface area (Å²) >= 11 is 0. The Morgan fingerprint density at radius 1 is 1.29 bits per heavy atom. The third-order valence-corrected chi connectivity index (χ3v) is 6.74. The zero-order valence-electron chi connectivity index (χ0n) is 20.5. The van der Waals surface area contributed by atoms with Crippen LogP contribution in [0.3, 0.4) is 0 Å². The second-order valence-corrected chi connectivity index (χ2v) is 8.95. The molecule has 0 spiro atoms. The molecule has 10 heteroatoms. The predicted octanol–water partition coefficient (Wildman–Crippen LogP) is 3.98. The third kappa shape index (κ3) is 4.80. The van der Waals surface area contributed by atoms with E-state index in [1.807, 2.05) is 26.8 Å². The van der Waals surface area contributed by atoms with Gasteiger partial charge in [0.05, 0.1) is 17.4 Å². The normalized spacial score (nSPS) is 14.6. The van der Waals surface area contributed by atoms with Gasteiger partial charge in [0.25, 0.3) is 11.5 Å². The van der Waals surface area contributed by atoms with Gasteiger partial charge >= 0.3 is 6.55 Å². The molecule has 3 heterocycles. The molecule has 35 heavy (non-hydrogen) atoms. The summed E-state index contributed by atoms with van der Waals surface area (Å²) in [5.74, 6) is -0.435. The number of fused-ring (bicyclic) bond motifs is 1. The Morgan fingerprint density at radius 2 is 2.00 bits per heavy atom. The van der Waals surface area contributed by atoms with Gasteiger partial charge in [0.1, 0.15) is 0 Å². The molecule has 3 aromatic rings. The van der Waals surface area contributed by atoms with Crippen LogP contribution in [-0.2, 0) is 11.3 Å². The van der Waals surface area contributed by atoms with Crippen molar-refractivity contribution >= 4 is 22.5 Å². The fourth-order valence-electron chi connectivity index (χ4n) is 4.99. The van der Waals surface area contributed by atoms with Crippen molar-refractivity contribution in [2.75, 3.05) is 24.7 Å². The summed E-state index contributed by atoms with van der Waals surface area (Å²) in [6, 6.07) is 3.47. The highest BCUT2D eigenvalue weighted by Gasteiger charge is 2.28. The number of hydrogen-bond acceptors (Lipinski definition) is 5. The van der Waals surface area contributed by atoms with Crippen LogP contribution in [0.5, 0.6) is 0 Å². The summed E-state index contributed by atoms with van der Waals surface area (Å²) in [7, 11) is 0. The lowest BCUT2D eigenvalue weighted by molar-refractivity contribution is 0.0614. The van der Waals surface area contributed by atoms with E-state index in [2.05, 4.69) is 20.3 Å². The first-order chi connectivity index (χ1) is 16.7. The molecule has 0 saturated carbocycles. The molecular formula is C25H31F2N5O3. The molecule has 0 bridgehead atoms. The van der Waals surface area contributed by atoms with Crippen LogP contribution in [0.2, 0.25) is 0 Å². The van der Waals surface area contributed by atoms with Crippen molar-refractivity contribution in [3.8, 4) is 0 Å². The molecule has 0 radical (unpaired) electrons. The fourth-order valence-corrected chi connectivity index (χ4v) is 4.99. The number of nitrogens with one attached hydrogen (secondary N) is 2. The maximum atomic E-state index is 13.8. The number of aromatic amines is 1. The number of aromatic nitrogens is 3. The van der Waals surface area contributed by atoms with Crippen LogP contribution in [-0.4, -0.2) is 46.5 Å². The molecule has 2 aromatic heterocycles. The maximum absolute atomic E-state index is 13.8. The van der Waals surface area contributed by atoms with Crippen molar-refractivity contribution in [1.82, 2.24) is 20.1 Å². The van der Waals surface area contributed by atoms with Gasteiger partial charge in [0, 0.05) is 54.6 Å². The molecule has 1 aromatic carbocycles. The van der Waals surface area contributed by atoms with E-state index in [0.29, 0.717) is 41.0 Å². The lowest BCUT2D eigenvalue weighted by Gasteiger charge is -2.37. The van der Waals surface area contributed by atoms with Crippen LogP contribution in [0.25, 0.3) is 10.9 Å². The Kier molecular flexibility index (Phi) is 7.20. The number of anilines is 1. The molecule has 1 saturated heterocycles. The summed E-state index contributed by atoms with van der Waals surface area (Å²) in [6.45, 7) is 6.53. The molecule has 0 atom stereocenters. The zero-order valence-corrected chi connectivity index (χ0v) is 20.5. The van der Waals surface area contributed by atoms with Crippen molar-refractivity contribution < 1.29 is 18.3 Å². The van der Waals surface area contributed by atoms with E-state index in [1.165, 1.54) is 12.3 Å². The first kappa shape index (κ1) is 24.8. The van der Waals surface area contributed by atoms with Gasteiger partial charge in [-0.1, -0.05) is 0 Å². The Hall–Kier alpha value is -3.27. The fraction of sp³-hybridized carbons (Fsp3) is 0.480. The molecular weight excluding hydrogens is 456 g/mol. The molecule has 1 fully saturated rings. The van der Waals surface area contributed by atoms with Crippen LogP contribution in [0.1, 0.15) is 59.1 Å². The van der Waals surface area contributed by atoms with E-state index in [0.717, 1.165) is 29.8 Å². The largest absolute Gasteiger partial charge is 0.381 e. The standard InChI is InChI=1S/C25H31F2N5O3/c1-5-31(17-6-8-35-9-7-17)22-16(4)18(11-21-20(22)13-29-32(21)25(26)27)23(33)28-12-19-14(2)10-15(3)30-24(19)34/h10-11,13,17,25H,5-9,12H2,1-4H3,(H,28,33)(H,30,34). The van der Waals surface area contributed by atoms with Crippen molar-refractivity contribution in [2.24, 2.45) is 0 Å². The highest BCUT2D eigenvalue weighted by Crippen LogP contribution is 2.37.